The monoisotopic (exact) mass is 243 g/mol. The van der Waals surface area contributed by atoms with Crippen LogP contribution in [0.2, 0.25) is 0 Å². The molecule has 0 aromatic carbocycles. The number of nitrogens with one attached hydrogen (secondary N) is 2. The molecule has 6 nitrogen and oxygen atoms in total. The van der Waals surface area contributed by atoms with Crippen LogP contribution in [-0.4, -0.2) is 76.0 Å². The van der Waals surface area contributed by atoms with Crippen LogP contribution >= 0.6 is 0 Å². The Labute approximate surface area is 102 Å². The Morgan fingerprint density at radius 2 is 2.18 bits per heavy atom. The Kier molecular flexibility index (Phi) is 5.18. The third-order valence-corrected chi connectivity index (χ3v) is 3.05. The number of hydrogen-bond donors (Lipinski definition) is 2. The number of carbonyl (C=O) groups excluding carboxylic acids is 1. The molecule has 0 bridgehead atoms. The fraction of sp³-hybridized carbons (Fsp3) is 0.909. The van der Waals surface area contributed by atoms with E-state index in [2.05, 4.69) is 15.5 Å². The lowest BCUT2D eigenvalue weighted by atomic mass is 10.3. The molecule has 0 aromatic rings. The quantitative estimate of drug-likeness (QED) is 0.624. The van der Waals surface area contributed by atoms with Crippen molar-refractivity contribution < 1.29 is 14.3 Å². The largest absolute Gasteiger partial charge is 0.379 e. The molecule has 2 aliphatic heterocycles. The highest BCUT2D eigenvalue weighted by Gasteiger charge is 2.21. The van der Waals surface area contributed by atoms with E-state index in [-0.39, 0.29) is 12.0 Å². The van der Waals surface area contributed by atoms with E-state index in [4.69, 9.17) is 9.47 Å². The van der Waals surface area contributed by atoms with Gasteiger partial charge in [0.05, 0.1) is 19.8 Å². The average molecular weight is 243 g/mol. The van der Waals surface area contributed by atoms with Crippen LogP contribution in [-0.2, 0) is 14.3 Å². The molecule has 17 heavy (non-hydrogen) atoms. The van der Waals surface area contributed by atoms with E-state index in [1.165, 1.54) is 0 Å². The van der Waals surface area contributed by atoms with Crippen LogP contribution in [0.3, 0.4) is 0 Å². The number of carbonyl (C=O) groups is 1. The van der Waals surface area contributed by atoms with Crippen LogP contribution in [0.15, 0.2) is 0 Å². The van der Waals surface area contributed by atoms with E-state index in [0.29, 0.717) is 19.7 Å². The van der Waals surface area contributed by atoms with Gasteiger partial charge in [0, 0.05) is 39.3 Å². The lowest BCUT2D eigenvalue weighted by Gasteiger charge is -2.27. The van der Waals surface area contributed by atoms with Gasteiger partial charge in [-0.15, -0.1) is 0 Å². The smallest absolute Gasteiger partial charge is 0.250 e. The van der Waals surface area contributed by atoms with Gasteiger partial charge < -0.3 is 20.1 Å². The molecule has 2 heterocycles. The van der Waals surface area contributed by atoms with Crippen molar-refractivity contribution in [2.45, 2.75) is 6.10 Å². The number of ether oxygens (including phenoxy) is 2. The van der Waals surface area contributed by atoms with Crippen LogP contribution in [0.25, 0.3) is 0 Å². The summed E-state index contributed by atoms with van der Waals surface area (Å²) in [5.74, 6) is -0.00883. The first-order valence-electron chi connectivity index (χ1n) is 6.26. The van der Waals surface area contributed by atoms with Crippen molar-refractivity contribution >= 4 is 5.91 Å². The number of amides is 1. The molecule has 1 atom stereocenters. The lowest BCUT2D eigenvalue weighted by Crippen LogP contribution is -2.49. The van der Waals surface area contributed by atoms with E-state index in [1.54, 1.807) is 0 Å². The van der Waals surface area contributed by atoms with Gasteiger partial charge in [-0.25, -0.2) is 0 Å². The molecule has 0 aliphatic carbocycles. The summed E-state index contributed by atoms with van der Waals surface area (Å²) in [6, 6.07) is 0. The summed E-state index contributed by atoms with van der Waals surface area (Å²) in [7, 11) is 0. The lowest BCUT2D eigenvalue weighted by molar-refractivity contribution is -0.134. The highest BCUT2D eigenvalue weighted by molar-refractivity contribution is 5.81. The van der Waals surface area contributed by atoms with E-state index in [0.717, 1.165) is 39.4 Å². The van der Waals surface area contributed by atoms with Gasteiger partial charge in [0.25, 0.3) is 5.91 Å². The van der Waals surface area contributed by atoms with Crippen molar-refractivity contribution in [3.8, 4) is 0 Å². The van der Waals surface area contributed by atoms with Crippen molar-refractivity contribution in [3.05, 3.63) is 0 Å². The molecule has 6 heteroatoms. The van der Waals surface area contributed by atoms with Crippen LogP contribution in [0.5, 0.6) is 0 Å². The minimum Gasteiger partial charge on any atom is -0.379 e. The Balaban J connectivity index is 1.58. The third-order valence-electron chi connectivity index (χ3n) is 3.05. The van der Waals surface area contributed by atoms with Crippen LogP contribution < -0.4 is 10.6 Å². The second-order valence-electron chi connectivity index (χ2n) is 4.31. The topological polar surface area (TPSA) is 62.8 Å². The molecule has 0 radical (unpaired) electrons. The molecule has 1 unspecified atom stereocenters. The van der Waals surface area contributed by atoms with E-state index in [9.17, 15) is 4.79 Å². The molecule has 0 saturated carbocycles. The molecule has 2 fully saturated rings. The molecule has 98 valence electrons. The van der Waals surface area contributed by atoms with Gasteiger partial charge in [-0.2, -0.15) is 0 Å². The molecular formula is C11H21N3O3. The number of hydrogen-bond acceptors (Lipinski definition) is 5. The maximum atomic E-state index is 11.7. The molecule has 0 spiro atoms. The Bertz CT molecular complexity index is 238. The maximum absolute atomic E-state index is 11.7. The second-order valence-corrected chi connectivity index (χ2v) is 4.31. The molecule has 1 amide bonds. The Morgan fingerprint density at radius 3 is 2.88 bits per heavy atom. The fourth-order valence-electron chi connectivity index (χ4n) is 2.01. The average Bonchev–Trinajstić information content (AvgIpc) is 2.41. The standard InChI is InChI=1S/C11H21N3O3/c15-11(10-9-12-2-6-17-10)13-1-3-14-4-7-16-8-5-14/h10,12H,1-9H2,(H,13,15). The van der Waals surface area contributed by atoms with Gasteiger partial charge in [0.1, 0.15) is 6.10 Å². The highest BCUT2D eigenvalue weighted by Crippen LogP contribution is 1.97. The normalized spacial score (nSPS) is 26.7. The van der Waals surface area contributed by atoms with Gasteiger partial charge in [0.2, 0.25) is 0 Å². The summed E-state index contributed by atoms with van der Waals surface area (Å²) in [6.45, 7) is 7.12. The molecule has 0 aromatic heterocycles. The minimum absolute atomic E-state index is 0.00883. The zero-order valence-corrected chi connectivity index (χ0v) is 10.1. The maximum Gasteiger partial charge on any atom is 0.250 e. The van der Waals surface area contributed by atoms with Gasteiger partial charge in [-0.05, 0) is 0 Å². The molecular weight excluding hydrogens is 222 g/mol. The Morgan fingerprint density at radius 1 is 1.35 bits per heavy atom. The van der Waals surface area contributed by atoms with Crippen molar-refractivity contribution in [2.75, 3.05) is 59.1 Å². The first-order valence-corrected chi connectivity index (χ1v) is 6.26. The fourth-order valence-corrected chi connectivity index (χ4v) is 2.01. The van der Waals surface area contributed by atoms with Gasteiger partial charge >= 0.3 is 0 Å². The second kappa shape index (κ2) is 6.90. The van der Waals surface area contributed by atoms with E-state index in [1.807, 2.05) is 0 Å². The molecule has 2 N–H and O–H groups in total. The summed E-state index contributed by atoms with van der Waals surface area (Å²) in [5, 5.41) is 6.06. The summed E-state index contributed by atoms with van der Waals surface area (Å²) in [4.78, 5) is 14.0. The molecule has 2 aliphatic rings. The minimum atomic E-state index is -0.326. The third kappa shape index (κ3) is 4.23. The van der Waals surface area contributed by atoms with Crippen LogP contribution in [0.1, 0.15) is 0 Å². The summed E-state index contributed by atoms with van der Waals surface area (Å²) in [6.07, 6.45) is -0.326. The SMILES string of the molecule is O=C(NCCN1CCOCC1)C1CNCCO1. The van der Waals surface area contributed by atoms with Crippen molar-refractivity contribution in [2.24, 2.45) is 0 Å². The number of morpholine rings is 2. The molecule has 2 saturated heterocycles. The van der Waals surface area contributed by atoms with Crippen LogP contribution in [0.4, 0.5) is 0 Å². The molecule has 2 rings (SSSR count). The van der Waals surface area contributed by atoms with Crippen molar-refractivity contribution in [1.29, 1.82) is 0 Å². The summed E-state index contributed by atoms with van der Waals surface area (Å²) >= 11 is 0. The van der Waals surface area contributed by atoms with Gasteiger partial charge in [0.15, 0.2) is 0 Å². The van der Waals surface area contributed by atoms with Crippen molar-refractivity contribution in [1.82, 2.24) is 15.5 Å². The van der Waals surface area contributed by atoms with Crippen molar-refractivity contribution in [3.63, 3.8) is 0 Å². The summed E-state index contributed by atoms with van der Waals surface area (Å²) < 4.78 is 10.6. The number of rotatable bonds is 4. The van der Waals surface area contributed by atoms with E-state index >= 15 is 0 Å². The predicted octanol–water partition coefficient (Wildman–Crippen LogP) is -1.58. The first kappa shape index (κ1) is 12.8. The summed E-state index contributed by atoms with van der Waals surface area (Å²) in [5.41, 5.74) is 0. The number of nitrogens with zero attached hydrogens (tertiary/aromatic N) is 1. The Hall–Kier alpha value is -0.690. The zero-order valence-electron chi connectivity index (χ0n) is 10.1. The highest BCUT2D eigenvalue weighted by atomic mass is 16.5. The van der Waals surface area contributed by atoms with Gasteiger partial charge in [-0.3, -0.25) is 9.69 Å². The zero-order chi connectivity index (χ0) is 11.9. The van der Waals surface area contributed by atoms with E-state index < -0.39 is 0 Å². The van der Waals surface area contributed by atoms with Gasteiger partial charge in [-0.1, -0.05) is 0 Å². The predicted molar refractivity (Wildman–Crippen MR) is 62.9 cm³/mol. The van der Waals surface area contributed by atoms with Crippen LogP contribution in [0, 0.1) is 0 Å². The first-order chi connectivity index (χ1) is 8.36.